The highest BCUT2D eigenvalue weighted by molar-refractivity contribution is 5.82. The minimum absolute atomic E-state index is 0.105. The Morgan fingerprint density at radius 3 is 2.52 bits per heavy atom. The van der Waals surface area contributed by atoms with Crippen LogP contribution < -0.4 is 5.32 Å². The van der Waals surface area contributed by atoms with Crippen LogP contribution in [0.5, 0.6) is 0 Å². The van der Waals surface area contributed by atoms with E-state index < -0.39 is 5.79 Å². The van der Waals surface area contributed by atoms with Gasteiger partial charge in [-0.05, 0) is 34.1 Å². The van der Waals surface area contributed by atoms with Crippen LogP contribution in [0.4, 0.5) is 0 Å². The van der Waals surface area contributed by atoms with E-state index in [0.717, 1.165) is 32.4 Å². The summed E-state index contributed by atoms with van der Waals surface area (Å²) in [5, 5.41) is 3.13. The van der Waals surface area contributed by atoms with E-state index >= 15 is 0 Å². The molecule has 2 saturated heterocycles. The maximum atomic E-state index is 12.4. The highest BCUT2D eigenvalue weighted by Gasteiger charge is 2.43. The van der Waals surface area contributed by atoms with Crippen LogP contribution in [0.25, 0.3) is 0 Å². The standard InChI is InChI=1S/C16H30N2O3/c1-6-15(4,5)17-14(19)13(3)18-9-7-16(8-10-18)20-11-12(2)21-16/h12-13H,6-11H2,1-5H3,(H,17,19). The quantitative estimate of drug-likeness (QED) is 0.861. The Labute approximate surface area is 128 Å². The highest BCUT2D eigenvalue weighted by atomic mass is 16.7. The van der Waals surface area contributed by atoms with Crippen molar-refractivity contribution in [2.45, 2.75) is 77.4 Å². The Balaban J connectivity index is 1.85. The molecule has 21 heavy (non-hydrogen) atoms. The number of nitrogens with zero attached hydrogens (tertiary/aromatic N) is 1. The van der Waals surface area contributed by atoms with Gasteiger partial charge < -0.3 is 14.8 Å². The number of likely N-dealkylation sites (tertiary alicyclic amines) is 1. The second-order valence-electron chi connectivity index (χ2n) is 7.09. The maximum absolute atomic E-state index is 12.4. The lowest BCUT2D eigenvalue weighted by atomic mass is 9.99. The molecule has 0 radical (unpaired) electrons. The van der Waals surface area contributed by atoms with Crippen molar-refractivity contribution in [1.82, 2.24) is 10.2 Å². The molecule has 1 amide bonds. The van der Waals surface area contributed by atoms with E-state index in [-0.39, 0.29) is 23.6 Å². The second kappa shape index (κ2) is 6.23. The number of hydrogen-bond donors (Lipinski definition) is 1. The molecule has 2 unspecified atom stereocenters. The molecule has 2 atom stereocenters. The summed E-state index contributed by atoms with van der Waals surface area (Å²) in [5.74, 6) is -0.283. The van der Waals surface area contributed by atoms with Crippen LogP contribution in [0.2, 0.25) is 0 Å². The third kappa shape index (κ3) is 3.96. The van der Waals surface area contributed by atoms with Crippen LogP contribution in [0.1, 0.15) is 53.9 Å². The predicted molar refractivity (Wildman–Crippen MR) is 82.0 cm³/mol. The van der Waals surface area contributed by atoms with E-state index in [1.54, 1.807) is 0 Å². The van der Waals surface area contributed by atoms with Crippen molar-refractivity contribution in [2.75, 3.05) is 19.7 Å². The van der Waals surface area contributed by atoms with Crippen molar-refractivity contribution < 1.29 is 14.3 Å². The number of ether oxygens (including phenoxy) is 2. The number of hydrogen-bond acceptors (Lipinski definition) is 4. The third-order valence-corrected chi connectivity index (χ3v) is 4.83. The second-order valence-corrected chi connectivity index (χ2v) is 7.09. The Morgan fingerprint density at radius 2 is 2.05 bits per heavy atom. The van der Waals surface area contributed by atoms with Crippen molar-refractivity contribution in [2.24, 2.45) is 0 Å². The highest BCUT2D eigenvalue weighted by Crippen LogP contribution is 2.34. The SMILES string of the molecule is CCC(C)(C)NC(=O)C(C)N1CCC2(CC1)OCC(C)O2. The van der Waals surface area contributed by atoms with Gasteiger partial charge in [0.15, 0.2) is 5.79 Å². The molecule has 2 rings (SSSR count). The summed E-state index contributed by atoms with van der Waals surface area (Å²) in [6, 6.07) is -0.105. The maximum Gasteiger partial charge on any atom is 0.237 e. The van der Waals surface area contributed by atoms with Gasteiger partial charge in [-0.1, -0.05) is 6.92 Å². The molecule has 2 heterocycles. The van der Waals surface area contributed by atoms with Gasteiger partial charge in [0, 0.05) is 31.5 Å². The van der Waals surface area contributed by atoms with Crippen molar-refractivity contribution >= 4 is 5.91 Å². The van der Waals surface area contributed by atoms with Crippen LogP contribution in [-0.2, 0) is 14.3 Å². The zero-order valence-electron chi connectivity index (χ0n) is 14.1. The molecule has 0 aromatic carbocycles. The molecule has 5 heteroatoms. The number of carbonyl (C=O) groups is 1. The number of amides is 1. The molecule has 122 valence electrons. The first-order chi connectivity index (χ1) is 9.77. The predicted octanol–water partition coefficient (Wildman–Crippen LogP) is 1.91. The summed E-state index contributed by atoms with van der Waals surface area (Å²) in [6.07, 6.45) is 2.79. The summed E-state index contributed by atoms with van der Waals surface area (Å²) < 4.78 is 11.8. The average Bonchev–Trinajstić information content (AvgIpc) is 2.79. The van der Waals surface area contributed by atoms with Crippen LogP contribution in [0, 0.1) is 0 Å². The normalized spacial score (nSPS) is 27.8. The Bertz CT molecular complexity index is 376. The lowest BCUT2D eigenvalue weighted by molar-refractivity contribution is -0.196. The van der Waals surface area contributed by atoms with E-state index in [4.69, 9.17) is 9.47 Å². The van der Waals surface area contributed by atoms with Crippen LogP contribution >= 0.6 is 0 Å². The fraction of sp³-hybridized carbons (Fsp3) is 0.938. The van der Waals surface area contributed by atoms with Crippen molar-refractivity contribution in [3.63, 3.8) is 0 Å². The largest absolute Gasteiger partial charge is 0.350 e. The summed E-state index contributed by atoms with van der Waals surface area (Å²) in [4.78, 5) is 14.6. The molecule has 0 bridgehead atoms. The number of rotatable bonds is 4. The van der Waals surface area contributed by atoms with Gasteiger partial charge in [0.25, 0.3) is 0 Å². The third-order valence-electron chi connectivity index (χ3n) is 4.83. The first-order valence-corrected chi connectivity index (χ1v) is 8.15. The zero-order valence-corrected chi connectivity index (χ0v) is 14.1. The van der Waals surface area contributed by atoms with Gasteiger partial charge in [0.05, 0.1) is 18.8 Å². The Kier molecular flexibility index (Phi) is 4.96. The average molecular weight is 298 g/mol. The minimum atomic E-state index is -0.394. The lowest BCUT2D eigenvalue weighted by Crippen LogP contribution is -2.55. The van der Waals surface area contributed by atoms with E-state index in [1.807, 2.05) is 13.8 Å². The lowest BCUT2D eigenvalue weighted by Gasteiger charge is -2.40. The van der Waals surface area contributed by atoms with Crippen LogP contribution in [0.3, 0.4) is 0 Å². The zero-order chi connectivity index (χ0) is 15.7. The first-order valence-electron chi connectivity index (χ1n) is 8.15. The molecule has 2 aliphatic rings. The number of carbonyl (C=O) groups excluding carboxylic acids is 1. The molecule has 5 nitrogen and oxygen atoms in total. The minimum Gasteiger partial charge on any atom is -0.350 e. The van der Waals surface area contributed by atoms with Crippen LogP contribution in [0.15, 0.2) is 0 Å². The topological polar surface area (TPSA) is 50.8 Å². The molecule has 1 spiro atoms. The summed E-state index contributed by atoms with van der Waals surface area (Å²) in [7, 11) is 0. The van der Waals surface area contributed by atoms with Gasteiger partial charge >= 0.3 is 0 Å². The number of piperidine rings is 1. The smallest absolute Gasteiger partial charge is 0.237 e. The van der Waals surface area contributed by atoms with Crippen LogP contribution in [-0.4, -0.2) is 54.0 Å². The molecule has 2 aliphatic heterocycles. The summed E-state index contributed by atoms with van der Waals surface area (Å²) in [5.41, 5.74) is -0.143. The van der Waals surface area contributed by atoms with E-state index in [0.29, 0.717) is 6.61 Å². The molecule has 0 aromatic rings. The van der Waals surface area contributed by atoms with Gasteiger partial charge in [-0.3, -0.25) is 9.69 Å². The van der Waals surface area contributed by atoms with Gasteiger partial charge in [-0.15, -0.1) is 0 Å². The van der Waals surface area contributed by atoms with E-state index in [1.165, 1.54) is 0 Å². The van der Waals surface area contributed by atoms with Gasteiger partial charge in [0.1, 0.15) is 0 Å². The first kappa shape index (κ1) is 16.7. The summed E-state index contributed by atoms with van der Waals surface area (Å²) in [6.45, 7) is 12.6. The van der Waals surface area contributed by atoms with E-state index in [2.05, 4.69) is 31.0 Å². The molecule has 0 aliphatic carbocycles. The number of nitrogens with one attached hydrogen (secondary N) is 1. The molecular formula is C16H30N2O3. The van der Waals surface area contributed by atoms with Crippen molar-refractivity contribution in [3.8, 4) is 0 Å². The Morgan fingerprint density at radius 1 is 1.43 bits per heavy atom. The van der Waals surface area contributed by atoms with Gasteiger partial charge in [-0.25, -0.2) is 0 Å². The van der Waals surface area contributed by atoms with Crippen molar-refractivity contribution in [3.05, 3.63) is 0 Å². The van der Waals surface area contributed by atoms with Gasteiger partial charge in [-0.2, -0.15) is 0 Å². The molecule has 1 N–H and O–H groups in total. The van der Waals surface area contributed by atoms with E-state index in [9.17, 15) is 4.79 Å². The molecule has 0 saturated carbocycles. The monoisotopic (exact) mass is 298 g/mol. The molecular weight excluding hydrogens is 268 g/mol. The molecule has 0 aromatic heterocycles. The summed E-state index contributed by atoms with van der Waals surface area (Å²) >= 11 is 0. The van der Waals surface area contributed by atoms with Gasteiger partial charge in [0.2, 0.25) is 5.91 Å². The Hall–Kier alpha value is -0.650. The fourth-order valence-corrected chi connectivity index (χ4v) is 2.91. The molecule has 2 fully saturated rings. The van der Waals surface area contributed by atoms with Crippen molar-refractivity contribution in [1.29, 1.82) is 0 Å². The fourth-order valence-electron chi connectivity index (χ4n) is 2.91.